The quantitative estimate of drug-likeness (QED) is 0.413. The Labute approximate surface area is 142 Å². The van der Waals surface area contributed by atoms with Gasteiger partial charge in [0.25, 0.3) is 0 Å². The molecular weight excluding hydrogens is 308 g/mol. The van der Waals surface area contributed by atoms with Gasteiger partial charge in [0, 0.05) is 18.0 Å². The Morgan fingerprint density at radius 2 is 1.83 bits per heavy atom. The number of hydrogen-bond donors (Lipinski definition) is 2. The maximum atomic E-state index is 11.8. The summed E-state index contributed by atoms with van der Waals surface area (Å²) < 4.78 is 5.01. The summed E-state index contributed by atoms with van der Waals surface area (Å²) in [6.07, 6.45) is 3.75. The Balaban J connectivity index is 1.54. The van der Waals surface area contributed by atoms with Gasteiger partial charge in [0.2, 0.25) is 0 Å². The molecule has 2 rings (SSSR count). The fourth-order valence-electron chi connectivity index (χ4n) is 2.70. The summed E-state index contributed by atoms with van der Waals surface area (Å²) in [5, 5.41) is 5.68. The Hall–Kier alpha value is -2.37. The molecular formula is C18H24N2O4. The number of urea groups is 1. The van der Waals surface area contributed by atoms with Crippen LogP contribution in [0.2, 0.25) is 0 Å². The van der Waals surface area contributed by atoms with Crippen LogP contribution in [0, 0.1) is 0 Å². The topological polar surface area (TPSA) is 84.5 Å². The molecule has 6 heteroatoms. The van der Waals surface area contributed by atoms with Crippen LogP contribution in [0.3, 0.4) is 0 Å². The van der Waals surface area contributed by atoms with Crippen molar-refractivity contribution in [1.82, 2.24) is 10.6 Å². The van der Waals surface area contributed by atoms with Crippen LogP contribution >= 0.6 is 0 Å². The third-order valence-corrected chi connectivity index (χ3v) is 4.13. The predicted octanol–water partition coefficient (Wildman–Crippen LogP) is 2.43. The summed E-state index contributed by atoms with van der Waals surface area (Å²) in [7, 11) is 0. The number of Topliss-reactive ketones (excluding diaryl/α,β-unsaturated/α-hetero) is 1. The summed E-state index contributed by atoms with van der Waals surface area (Å²) in [6, 6.07) is 8.98. The molecule has 24 heavy (non-hydrogen) atoms. The molecule has 6 nitrogen and oxygen atoms in total. The number of benzene rings is 1. The standard InChI is InChI=1S/C18H24N2O4/c1-13-15(20-18(23)19-13)10-6-3-7-11-17(22)24-12-16(21)14-8-4-2-5-9-14/h2,4-5,8-9,13,15H,3,6-7,10-12H2,1H3,(H2,19,20,23)/t13-,15+/m1/s1. The van der Waals surface area contributed by atoms with Gasteiger partial charge in [0.1, 0.15) is 0 Å². The van der Waals surface area contributed by atoms with Crippen LogP contribution < -0.4 is 10.6 Å². The largest absolute Gasteiger partial charge is 0.457 e. The molecule has 0 radical (unpaired) electrons. The number of carbonyl (C=O) groups excluding carboxylic acids is 3. The lowest BCUT2D eigenvalue weighted by atomic mass is 10.0. The van der Waals surface area contributed by atoms with Crippen molar-refractivity contribution in [3.05, 3.63) is 35.9 Å². The molecule has 0 aromatic heterocycles. The first-order valence-corrected chi connectivity index (χ1v) is 8.37. The Kier molecular flexibility index (Phi) is 6.78. The SMILES string of the molecule is C[C@H]1NC(=O)N[C@H]1CCCCCC(=O)OCC(=O)c1ccccc1. The van der Waals surface area contributed by atoms with E-state index >= 15 is 0 Å². The molecule has 0 unspecified atom stereocenters. The maximum absolute atomic E-state index is 11.8. The van der Waals surface area contributed by atoms with E-state index in [4.69, 9.17) is 4.74 Å². The monoisotopic (exact) mass is 332 g/mol. The molecule has 1 fully saturated rings. The average molecular weight is 332 g/mol. The lowest BCUT2D eigenvalue weighted by molar-refractivity contribution is -0.142. The van der Waals surface area contributed by atoms with E-state index in [1.165, 1.54) is 0 Å². The van der Waals surface area contributed by atoms with Crippen molar-refractivity contribution in [1.29, 1.82) is 0 Å². The average Bonchev–Trinajstić information content (AvgIpc) is 2.90. The number of hydrogen-bond acceptors (Lipinski definition) is 4. The Morgan fingerprint density at radius 3 is 2.50 bits per heavy atom. The summed E-state index contributed by atoms with van der Waals surface area (Å²) in [4.78, 5) is 34.6. The molecule has 2 amide bonds. The molecule has 1 aromatic carbocycles. The summed E-state index contributed by atoms with van der Waals surface area (Å²) in [5.41, 5.74) is 0.548. The van der Waals surface area contributed by atoms with Crippen LogP contribution in [0.15, 0.2) is 30.3 Å². The van der Waals surface area contributed by atoms with Gasteiger partial charge >= 0.3 is 12.0 Å². The molecule has 2 N–H and O–H groups in total. The highest BCUT2D eigenvalue weighted by Gasteiger charge is 2.26. The van der Waals surface area contributed by atoms with E-state index in [0.29, 0.717) is 12.0 Å². The van der Waals surface area contributed by atoms with Crippen LogP contribution in [0.25, 0.3) is 0 Å². The zero-order valence-electron chi connectivity index (χ0n) is 13.9. The molecule has 2 atom stereocenters. The fraction of sp³-hybridized carbons (Fsp3) is 0.500. The van der Waals surface area contributed by atoms with Gasteiger partial charge in [-0.15, -0.1) is 0 Å². The van der Waals surface area contributed by atoms with E-state index in [0.717, 1.165) is 25.7 Å². The van der Waals surface area contributed by atoms with Gasteiger partial charge in [-0.25, -0.2) is 4.79 Å². The second kappa shape index (κ2) is 9.05. The van der Waals surface area contributed by atoms with E-state index in [9.17, 15) is 14.4 Å². The normalized spacial score (nSPS) is 19.5. The minimum Gasteiger partial charge on any atom is -0.457 e. The number of amides is 2. The molecule has 1 aliphatic heterocycles. The lowest BCUT2D eigenvalue weighted by Gasteiger charge is -2.13. The van der Waals surface area contributed by atoms with E-state index < -0.39 is 0 Å². The lowest BCUT2D eigenvalue weighted by Crippen LogP contribution is -2.30. The van der Waals surface area contributed by atoms with E-state index in [1.807, 2.05) is 13.0 Å². The van der Waals surface area contributed by atoms with Gasteiger partial charge in [-0.3, -0.25) is 9.59 Å². The molecule has 0 spiro atoms. The van der Waals surface area contributed by atoms with E-state index in [-0.39, 0.29) is 36.5 Å². The summed E-state index contributed by atoms with van der Waals surface area (Å²) >= 11 is 0. The minimum atomic E-state index is -0.344. The highest BCUT2D eigenvalue weighted by Crippen LogP contribution is 2.12. The molecule has 0 aliphatic carbocycles. The van der Waals surface area contributed by atoms with Crippen LogP contribution in [-0.2, 0) is 9.53 Å². The fourth-order valence-corrected chi connectivity index (χ4v) is 2.70. The third-order valence-electron chi connectivity index (χ3n) is 4.13. The van der Waals surface area contributed by atoms with Crippen LogP contribution in [0.5, 0.6) is 0 Å². The van der Waals surface area contributed by atoms with Crippen LogP contribution in [0.1, 0.15) is 49.4 Å². The van der Waals surface area contributed by atoms with Crippen molar-refractivity contribution in [2.24, 2.45) is 0 Å². The first-order valence-electron chi connectivity index (χ1n) is 8.37. The number of unbranched alkanes of at least 4 members (excludes halogenated alkanes) is 2. The smallest absolute Gasteiger partial charge is 0.315 e. The van der Waals surface area contributed by atoms with Gasteiger partial charge in [-0.05, 0) is 19.8 Å². The highest BCUT2D eigenvalue weighted by molar-refractivity contribution is 5.97. The van der Waals surface area contributed by atoms with Crippen molar-refractivity contribution >= 4 is 17.8 Å². The zero-order valence-corrected chi connectivity index (χ0v) is 13.9. The first kappa shape index (κ1) is 18.0. The zero-order chi connectivity index (χ0) is 17.4. The molecule has 1 saturated heterocycles. The molecule has 130 valence electrons. The van der Waals surface area contributed by atoms with E-state index in [2.05, 4.69) is 10.6 Å². The molecule has 1 aliphatic rings. The second-order valence-electron chi connectivity index (χ2n) is 6.06. The van der Waals surface area contributed by atoms with Crippen molar-refractivity contribution in [3.63, 3.8) is 0 Å². The van der Waals surface area contributed by atoms with E-state index in [1.54, 1.807) is 24.3 Å². The number of rotatable bonds is 9. The second-order valence-corrected chi connectivity index (χ2v) is 6.06. The van der Waals surface area contributed by atoms with Gasteiger partial charge < -0.3 is 15.4 Å². The Bertz CT molecular complexity index is 574. The molecule has 1 heterocycles. The minimum absolute atomic E-state index is 0.112. The predicted molar refractivity (Wildman–Crippen MR) is 89.7 cm³/mol. The van der Waals surface area contributed by atoms with Gasteiger partial charge in [0.05, 0.1) is 6.04 Å². The Morgan fingerprint density at radius 1 is 1.08 bits per heavy atom. The van der Waals surface area contributed by atoms with Crippen molar-refractivity contribution in [2.75, 3.05) is 6.61 Å². The molecule has 1 aromatic rings. The van der Waals surface area contributed by atoms with Gasteiger partial charge in [0.15, 0.2) is 12.4 Å². The van der Waals surface area contributed by atoms with Crippen molar-refractivity contribution < 1.29 is 19.1 Å². The van der Waals surface area contributed by atoms with Crippen LogP contribution in [-0.4, -0.2) is 36.5 Å². The van der Waals surface area contributed by atoms with Crippen molar-refractivity contribution in [3.8, 4) is 0 Å². The highest BCUT2D eigenvalue weighted by atomic mass is 16.5. The number of nitrogens with one attached hydrogen (secondary N) is 2. The number of ether oxygens (including phenoxy) is 1. The number of carbonyl (C=O) groups is 3. The first-order chi connectivity index (χ1) is 11.6. The number of esters is 1. The molecule has 0 bridgehead atoms. The molecule has 0 saturated carbocycles. The number of ketones is 1. The van der Waals surface area contributed by atoms with Crippen LogP contribution in [0.4, 0.5) is 4.79 Å². The third kappa shape index (κ3) is 5.68. The summed E-state index contributed by atoms with van der Waals surface area (Å²) in [5.74, 6) is -0.536. The summed E-state index contributed by atoms with van der Waals surface area (Å²) in [6.45, 7) is 1.77. The maximum Gasteiger partial charge on any atom is 0.315 e. The van der Waals surface area contributed by atoms with Gasteiger partial charge in [-0.1, -0.05) is 43.2 Å². The van der Waals surface area contributed by atoms with Gasteiger partial charge in [-0.2, -0.15) is 0 Å². The van der Waals surface area contributed by atoms with Crippen molar-refractivity contribution in [2.45, 2.75) is 51.1 Å².